The van der Waals surface area contributed by atoms with Crippen LogP contribution < -0.4 is 11.3 Å². The summed E-state index contributed by atoms with van der Waals surface area (Å²) in [6.45, 7) is 0. The molecule has 0 aromatic carbocycles. The zero-order valence-electron chi connectivity index (χ0n) is 8.78. The van der Waals surface area contributed by atoms with Crippen LogP contribution in [-0.4, -0.2) is 30.2 Å². The zero-order chi connectivity index (χ0) is 11.4. The third-order valence-electron chi connectivity index (χ3n) is 2.08. The van der Waals surface area contributed by atoms with Crippen molar-refractivity contribution in [3.8, 4) is 0 Å². The number of hydrogen-bond acceptors (Lipinski definition) is 7. The van der Waals surface area contributed by atoms with Crippen molar-refractivity contribution in [2.75, 3.05) is 0 Å². The highest BCUT2D eigenvalue weighted by Gasteiger charge is 2.14. The summed E-state index contributed by atoms with van der Waals surface area (Å²) in [5.74, 6) is 6.07. The first-order chi connectivity index (χ1) is 7.79. The van der Waals surface area contributed by atoms with Gasteiger partial charge in [0.2, 0.25) is 0 Å². The number of aromatic nitrogens is 6. The Bertz CT molecular complexity index is 438. The van der Waals surface area contributed by atoms with E-state index < -0.39 is 0 Å². The maximum atomic E-state index is 5.46. The van der Waals surface area contributed by atoms with Gasteiger partial charge in [0.25, 0.3) is 0 Å². The lowest BCUT2D eigenvalue weighted by Gasteiger charge is -2.11. The van der Waals surface area contributed by atoms with Crippen LogP contribution in [0.5, 0.6) is 0 Å². The second kappa shape index (κ2) is 4.73. The molecule has 2 aromatic heterocycles. The summed E-state index contributed by atoms with van der Waals surface area (Å²) in [6.07, 6.45) is 5.39. The quantitative estimate of drug-likeness (QED) is 0.489. The van der Waals surface area contributed by atoms with E-state index in [0.29, 0.717) is 12.2 Å². The van der Waals surface area contributed by atoms with Gasteiger partial charge < -0.3 is 0 Å². The van der Waals surface area contributed by atoms with Gasteiger partial charge >= 0.3 is 0 Å². The summed E-state index contributed by atoms with van der Waals surface area (Å²) >= 11 is 0. The molecule has 0 bridgehead atoms. The molecule has 1 atom stereocenters. The summed E-state index contributed by atoms with van der Waals surface area (Å²) in [7, 11) is 1.71. The van der Waals surface area contributed by atoms with Gasteiger partial charge in [-0.25, -0.2) is 0 Å². The lowest BCUT2D eigenvalue weighted by atomic mass is 10.1. The van der Waals surface area contributed by atoms with Crippen molar-refractivity contribution in [1.29, 1.82) is 0 Å². The molecule has 0 aliphatic heterocycles. The normalized spacial score (nSPS) is 12.6. The van der Waals surface area contributed by atoms with Gasteiger partial charge in [-0.2, -0.15) is 4.80 Å². The summed E-state index contributed by atoms with van der Waals surface area (Å²) < 4.78 is 0. The third-order valence-corrected chi connectivity index (χ3v) is 2.08. The molecule has 0 spiro atoms. The van der Waals surface area contributed by atoms with Gasteiger partial charge in [-0.15, -0.1) is 10.2 Å². The van der Waals surface area contributed by atoms with Gasteiger partial charge in [-0.1, -0.05) is 0 Å². The molecule has 0 amide bonds. The minimum Gasteiger partial charge on any atom is -0.271 e. The van der Waals surface area contributed by atoms with Gasteiger partial charge in [-0.05, 0) is 5.21 Å². The van der Waals surface area contributed by atoms with E-state index in [1.165, 1.54) is 4.80 Å². The van der Waals surface area contributed by atoms with Gasteiger partial charge in [-0.3, -0.25) is 21.2 Å². The fourth-order valence-corrected chi connectivity index (χ4v) is 1.33. The predicted octanol–water partition coefficient (Wildman–Crippen LogP) is -1.25. The van der Waals surface area contributed by atoms with E-state index in [1.54, 1.807) is 25.6 Å². The third kappa shape index (κ3) is 2.35. The van der Waals surface area contributed by atoms with Crippen molar-refractivity contribution in [2.45, 2.75) is 12.5 Å². The van der Waals surface area contributed by atoms with Crippen LogP contribution >= 0.6 is 0 Å². The number of hydrazine groups is 1. The first kappa shape index (κ1) is 10.6. The minimum absolute atomic E-state index is 0.169. The van der Waals surface area contributed by atoms with Crippen molar-refractivity contribution in [2.24, 2.45) is 12.9 Å². The molecule has 2 aromatic rings. The Morgan fingerprint density at radius 1 is 1.50 bits per heavy atom. The molecule has 8 nitrogen and oxygen atoms in total. The van der Waals surface area contributed by atoms with E-state index in [1.807, 2.05) is 0 Å². The van der Waals surface area contributed by atoms with Gasteiger partial charge in [0.05, 0.1) is 25.0 Å². The summed E-state index contributed by atoms with van der Waals surface area (Å²) in [5.41, 5.74) is 3.40. The zero-order valence-corrected chi connectivity index (χ0v) is 8.78. The van der Waals surface area contributed by atoms with E-state index in [-0.39, 0.29) is 6.04 Å². The lowest BCUT2D eigenvalue weighted by molar-refractivity contribution is 0.522. The van der Waals surface area contributed by atoms with Crippen LogP contribution in [0, 0.1) is 0 Å². The Morgan fingerprint density at radius 2 is 2.38 bits per heavy atom. The lowest BCUT2D eigenvalue weighted by Crippen LogP contribution is -2.30. The number of rotatable bonds is 4. The highest BCUT2D eigenvalue weighted by Crippen LogP contribution is 2.11. The number of nitrogens with zero attached hydrogens (tertiary/aromatic N) is 6. The van der Waals surface area contributed by atoms with Crippen molar-refractivity contribution < 1.29 is 0 Å². The van der Waals surface area contributed by atoms with E-state index in [4.69, 9.17) is 5.84 Å². The standard InChI is InChI=1S/C8H12N8/c1-16-14-8(13-15-16)4-6(12-9)7-5-10-2-3-11-7/h2-3,5-6,12H,4,9H2,1H3. The summed E-state index contributed by atoms with van der Waals surface area (Å²) in [6, 6.07) is -0.169. The second-order valence-electron chi connectivity index (χ2n) is 3.25. The fraction of sp³-hybridized carbons (Fsp3) is 0.375. The highest BCUT2D eigenvalue weighted by molar-refractivity contribution is 5.04. The number of tetrazole rings is 1. The molecule has 2 heterocycles. The van der Waals surface area contributed by atoms with Crippen molar-refractivity contribution in [1.82, 2.24) is 35.6 Å². The van der Waals surface area contributed by atoms with E-state index >= 15 is 0 Å². The molecule has 1 unspecified atom stereocenters. The van der Waals surface area contributed by atoms with Crippen LogP contribution in [0.15, 0.2) is 18.6 Å². The molecular formula is C8H12N8. The molecule has 0 saturated carbocycles. The first-order valence-electron chi connectivity index (χ1n) is 4.74. The molecule has 2 rings (SSSR count). The van der Waals surface area contributed by atoms with Crippen LogP contribution in [0.3, 0.4) is 0 Å². The maximum absolute atomic E-state index is 5.46. The average molecular weight is 220 g/mol. The van der Waals surface area contributed by atoms with Crippen LogP contribution in [0.2, 0.25) is 0 Å². The Kier molecular flexibility index (Phi) is 3.13. The van der Waals surface area contributed by atoms with Crippen LogP contribution in [0.25, 0.3) is 0 Å². The second-order valence-corrected chi connectivity index (χ2v) is 3.25. The Morgan fingerprint density at radius 3 is 2.94 bits per heavy atom. The molecule has 16 heavy (non-hydrogen) atoms. The maximum Gasteiger partial charge on any atom is 0.176 e. The number of aryl methyl sites for hydroxylation is 1. The summed E-state index contributed by atoms with van der Waals surface area (Å²) in [5, 5.41) is 11.7. The van der Waals surface area contributed by atoms with E-state index in [9.17, 15) is 0 Å². The van der Waals surface area contributed by atoms with Crippen molar-refractivity contribution in [3.63, 3.8) is 0 Å². The molecule has 0 radical (unpaired) electrons. The first-order valence-corrected chi connectivity index (χ1v) is 4.74. The monoisotopic (exact) mass is 220 g/mol. The Hall–Kier alpha value is -1.93. The molecule has 3 N–H and O–H groups in total. The minimum atomic E-state index is -0.169. The largest absolute Gasteiger partial charge is 0.271 e. The fourth-order valence-electron chi connectivity index (χ4n) is 1.33. The predicted molar refractivity (Wildman–Crippen MR) is 54.6 cm³/mol. The van der Waals surface area contributed by atoms with Crippen LogP contribution in [-0.2, 0) is 13.5 Å². The van der Waals surface area contributed by atoms with E-state index in [2.05, 4.69) is 30.8 Å². The molecule has 0 aliphatic carbocycles. The number of nitrogens with two attached hydrogens (primary N) is 1. The Balaban J connectivity index is 2.12. The highest BCUT2D eigenvalue weighted by atomic mass is 15.6. The van der Waals surface area contributed by atoms with E-state index in [0.717, 1.165) is 5.69 Å². The molecule has 8 heteroatoms. The molecule has 84 valence electrons. The van der Waals surface area contributed by atoms with Crippen molar-refractivity contribution >= 4 is 0 Å². The van der Waals surface area contributed by atoms with Gasteiger partial charge in [0.1, 0.15) is 0 Å². The SMILES string of the molecule is Cn1nnc(CC(NN)c2cnccn2)n1. The number of hydrogen-bond donors (Lipinski definition) is 2. The van der Waals surface area contributed by atoms with Crippen LogP contribution in [0.4, 0.5) is 0 Å². The number of nitrogens with one attached hydrogen (secondary N) is 1. The van der Waals surface area contributed by atoms with Crippen molar-refractivity contribution in [3.05, 3.63) is 30.1 Å². The molecule has 0 aliphatic rings. The molecular weight excluding hydrogens is 208 g/mol. The van der Waals surface area contributed by atoms with Gasteiger partial charge in [0, 0.05) is 18.8 Å². The average Bonchev–Trinajstić information content (AvgIpc) is 2.73. The Labute approximate surface area is 91.9 Å². The topological polar surface area (TPSA) is 107 Å². The molecule has 0 fully saturated rings. The molecule has 0 saturated heterocycles. The van der Waals surface area contributed by atoms with Crippen LogP contribution in [0.1, 0.15) is 17.6 Å². The summed E-state index contributed by atoms with van der Waals surface area (Å²) in [4.78, 5) is 9.55. The smallest absolute Gasteiger partial charge is 0.176 e. The van der Waals surface area contributed by atoms with Gasteiger partial charge in [0.15, 0.2) is 5.82 Å².